The van der Waals surface area contributed by atoms with Crippen molar-refractivity contribution in [2.75, 3.05) is 0 Å². The summed E-state index contributed by atoms with van der Waals surface area (Å²) in [4.78, 5) is 12.7. The molecule has 0 radical (unpaired) electrons. The number of ketones is 1. The summed E-state index contributed by atoms with van der Waals surface area (Å²) in [5.74, 6) is 1.91. The summed E-state index contributed by atoms with van der Waals surface area (Å²) in [6, 6.07) is 24.4. The Balaban J connectivity index is 1.47. The molecule has 0 aliphatic rings. The van der Waals surface area contributed by atoms with Gasteiger partial charge in [-0.25, -0.2) is 4.68 Å². The normalized spacial score (nSPS) is 10.6. The smallest absolute Gasteiger partial charge is 0.184 e. The summed E-state index contributed by atoms with van der Waals surface area (Å²) >= 11 is 0. The minimum absolute atomic E-state index is 0.0646. The summed E-state index contributed by atoms with van der Waals surface area (Å²) < 4.78 is 7.27. The Hall–Kier alpha value is -3.80. The van der Waals surface area contributed by atoms with Gasteiger partial charge in [0, 0.05) is 11.1 Å². The van der Waals surface area contributed by atoms with E-state index in [4.69, 9.17) is 4.74 Å². The van der Waals surface area contributed by atoms with Crippen molar-refractivity contribution in [1.82, 2.24) is 20.2 Å². The van der Waals surface area contributed by atoms with Crippen LogP contribution in [0.1, 0.15) is 15.9 Å². The zero-order valence-corrected chi connectivity index (χ0v) is 15.3. The van der Waals surface area contributed by atoms with E-state index in [1.165, 1.54) is 4.68 Å². The number of carbonyl (C=O) groups is 1. The number of ether oxygens (including phenoxy) is 1. The number of Topliss-reactive ketones (excluding diaryl/α,β-unsaturated/α-hetero) is 1. The summed E-state index contributed by atoms with van der Waals surface area (Å²) in [6.45, 7) is 2.08. The minimum atomic E-state index is -0.0769. The van der Waals surface area contributed by atoms with Crippen molar-refractivity contribution < 1.29 is 9.53 Å². The number of benzene rings is 3. The quantitative estimate of drug-likeness (QED) is 0.473. The number of hydrogen-bond donors (Lipinski definition) is 0. The Morgan fingerprint density at radius 1 is 0.893 bits per heavy atom. The molecule has 0 spiro atoms. The number of aromatic nitrogens is 4. The molecule has 6 heteroatoms. The first-order valence-corrected chi connectivity index (χ1v) is 8.88. The van der Waals surface area contributed by atoms with Crippen LogP contribution < -0.4 is 4.74 Å². The Labute approximate surface area is 162 Å². The van der Waals surface area contributed by atoms with E-state index in [0.717, 1.165) is 16.9 Å². The van der Waals surface area contributed by atoms with E-state index in [0.29, 0.717) is 17.1 Å². The van der Waals surface area contributed by atoms with Gasteiger partial charge >= 0.3 is 0 Å². The van der Waals surface area contributed by atoms with E-state index in [9.17, 15) is 4.79 Å². The molecular formula is C22H18N4O2. The Morgan fingerprint density at radius 3 is 2.29 bits per heavy atom. The van der Waals surface area contributed by atoms with Crippen LogP contribution in [0.4, 0.5) is 0 Å². The van der Waals surface area contributed by atoms with E-state index in [2.05, 4.69) is 15.5 Å². The fourth-order valence-electron chi connectivity index (χ4n) is 2.78. The Kier molecular flexibility index (Phi) is 4.93. The lowest BCUT2D eigenvalue weighted by atomic mass is 10.1. The van der Waals surface area contributed by atoms with E-state index >= 15 is 0 Å². The Bertz CT molecular complexity index is 1070. The zero-order valence-electron chi connectivity index (χ0n) is 15.3. The summed E-state index contributed by atoms with van der Waals surface area (Å²) in [5.41, 5.74) is 2.59. The van der Waals surface area contributed by atoms with Gasteiger partial charge in [-0.2, -0.15) is 0 Å². The molecule has 0 atom stereocenters. The van der Waals surface area contributed by atoms with Crippen LogP contribution in [-0.4, -0.2) is 26.0 Å². The molecule has 1 heterocycles. The summed E-state index contributed by atoms with van der Waals surface area (Å²) in [7, 11) is 0. The molecule has 1 aromatic heterocycles. The maximum absolute atomic E-state index is 12.7. The van der Waals surface area contributed by atoms with Crippen molar-refractivity contribution in [3.05, 3.63) is 90.0 Å². The molecule has 0 aliphatic carbocycles. The lowest BCUT2D eigenvalue weighted by molar-refractivity contribution is 0.0967. The number of aryl methyl sites for hydroxylation is 1. The monoisotopic (exact) mass is 370 g/mol. The molecule has 0 N–H and O–H groups in total. The molecule has 4 aromatic rings. The van der Waals surface area contributed by atoms with Gasteiger partial charge in [-0.3, -0.25) is 4.79 Å². The third kappa shape index (κ3) is 3.96. The molecule has 28 heavy (non-hydrogen) atoms. The molecule has 0 fully saturated rings. The SMILES string of the molecule is Cc1ccc(-c2nnnn2CC(=O)c2ccc(Oc3ccccc3)cc2)cc1. The fraction of sp³-hybridized carbons (Fsp3) is 0.0909. The van der Waals surface area contributed by atoms with Crippen LogP contribution >= 0.6 is 0 Å². The number of carbonyl (C=O) groups excluding carboxylic acids is 1. The lowest BCUT2D eigenvalue weighted by Crippen LogP contribution is -2.13. The predicted molar refractivity (Wildman–Crippen MR) is 105 cm³/mol. The number of tetrazole rings is 1. The topological polar surface area (TPSA) is 69.9 Å². The van der Waals surface area contributed by atoms with Crippen molar-refractivity contribution >= 4 is 5.78 Å². The molecule has 6 nitrogen and oxygen atoms in total. The Morgan fingerprint density at radius 2 is 1.57 bits per heavy atom. The highest BCUT2D eigenvalue weighted by molar-refractivity contribution is 5.96. The van der Waals surface area contributed by atoms with Gasteiger partial charge in [-0.05, 0) is 53.7 Å². The molecule has 0 unspecified atom stereocenters. The van der Waals surface area contributed by atoms with Crippen LogP contribution in [-0.2, 0) is 6.54 Å². The highest BCUT2D eigenvalue weighted by Gasteiger charge is 2.14. The first kappa shape index (κ1) is 17.6. The van der Waals surface area contributed by atoms with Gasteiger partial charge < -0.3 is 4.74 Å². The third-order valence-electron chi connectivity index (χ3n) is 4.29. The first-order chi connectivity index (χ1) is 13.7. The predicted octanol–water partition coefficient (Wildman–Crippen LogP) is 4.32. The second-order valence-corrected chi connectivity index (χ2v) is 6.39. The second kappa shape index (κ2) is 7.84. The maximum Gasteiger partial charge on any atom is 0.184 e. The lowest BCUT2D eigenvalue weighted by Gasteiger charge is -2.07. The van der Waals surface area contributed by atoms with E-state index in [1.807, 2.05) is 61.5 Å². The summed E-state index contributed by atoms with van der Waals surface area (Å²) in [5, 5.41) is 11.7. The average molecular weight is 370 g/mol. The van der Waals surface area contributed by atoms with Gasteiger partial charge in [0.15, 0.2) is 11.6 Å². The van der Waals surface area contributed by atoms with Crippen molar-refractivity contribution in [3.8, 4) is 22.9 Å². The van der Waals surface area contributed by atoms with Crippen LogP contribution in [0.25, 0.3) is 11.4 Å². The van der Waals surface area contributed by atoms with Crippen LogP contribution in [0.5, 0.6) is 11.5 Å². The van der Waals surface area contributed by atoms with Gasteiger partial charge in [0.25, 0.3) is 0 Å². The molecule has 138 valence electrons. The van der Waals surface area contributed by atoms with Crippen molar-refractivity contribution in [2.24, 2.45) is 0 Å². The fourth-order valence-corrected chi connectivity index (χ4v) is 2.78. The van der Waals surface area contributed by atoms with Crippen molar-refractivity contribution in [3.63, 3.8) is 0 Å². The highest BCUT2D eigenvalue weighted by atomic mass is 16.5. The standard InChI is InChI=1S/C22H18N4O2/c1-16-7-9-18(10-8-16)22-23-24-25-26(22)15-21(27)17-11-13-20(14-12-17)28-19-5-3-2-4-6-19/h2-14H,15H2,1H3. The maximum atomic E-state index is 12.7. The number of para-hydroxylation sites is 1. The molecule has 0 saturated carbocycles. The van der Waals surface area contributed by atoms with Crippen LogP contribution in [0.2, 0.25) is 0 Å². The van der Waals surface area contributed by atoms with Crippen molar-refractivity contribution in [2.45, 2.75) is 13.5 Å². The third-order valence-corrected chi connectivity index (χ3v) is 4.29. The van der Waals surface area contributed by atoms with Gasteiger partial charge in [-0.1, -0.05) is 48.0 Å². The van der Waals surface area contributed by atoms with Crippen LogP contribution in [0, 0.1) is 6.92 Å². The largest absolute Gasteiger partial charge is 0.457 e. The van der Waals surface area contributed by atoms with E-state index in [1.54, 1.807) is 24.3 Å². The van der Waals surface area contributed by atoms with Crippen LogP contribution in [0.15, 0.2) is 78.9 Å². The van der Waals surface area contributed by atoms with Crippen LogP contribution in [0.3, 0.4) is 0 Å². The minimum Gasteiger partial charge on any atom is -0.457 e. The molecule has 0 bridgehead atoms. The molecule has 0 saturated heterocycles. The molecule has 4 rings (SSSR count). The van der Waals surface area contributed by atoms with E-state index in [-0.39, 0.29) is 12.3 Å². The zero-order chi connectivity index (χ0) is 19.3. The van der Waals surface area contributed by atoms with Gasteiger partial charge in [0.2, 0.25) is 0 Å². The highest BCUT2D eigenvalue weighted by Crippen LogP contribution is 2.22. The van der Waals surface area contributed by atoms with Crippen molar-refractivity contribution in [1.29, 1.82) is 0 Å². The molecular weight excluding hydrogens is 352 g/mol. The molecule has 0 aliphatic heterocycles. The second-order valence-electron chi connectivity index (χ2n) is 6.39. The van der Waals surface area contributed by atoms with Gasteiger partial charge in [0.05, 0.1) is 0 Å². The summed E-state index contributed by atoms with van der Waals surface area (Å²) in [6.07, 6.45) is 0. The van der Waals surface area contributed by atoms with Gasteiger partial charge in [-0.15, -0.1) is 5.10 Å². The number of nitrogens with zero attached hydrogens (tertiary/aromatic N) is 4. The van der Waals surface area contributed by atoms with Gasteiger partial charge in [0.1, 0.15) is 18.0 Å². The molecule has 3 aromatic carbocycles. The first-order valence-electron chi connectivity index (χ1n) is 8.88. The number of rotatable bonds is 6. The van der Waals surface area contributed by atoms with E-state index < -0.39 is 0 Å². The molecule has 0 amide bonds. The number of hydrogen-bond acceptors (Lipinski definition) is 5. The average Bonchev–Trinajstić information content (AvgIpc) is 3.18.